The van der Waals surface area contributed by atoms with Gasteiger partial charge in [-0.2, -0.15) is 0 Å². The normalized spacial score (nSPS) is 29.9. The van der Waals surface area contributed by atoms with Gasteiger partial charge in [-0.05, 0) is 57.7 Å². The first-order valence-corrected chi connectivity index (χ1v) is 8.29. The average Bonchev–Trinajstić information content (AvgIpc) is 2.81. The summed E-state index contributed by atoms with van der Waals surface area (Å²) in [5.41, 5.74) is 5.79. The molecule has 2 aliphatic rings. The van der Waals surface area contributed by atoms with Crippen LogP contribution < -0.4 is 5.73 Å². The van der Waals surface area contributed by atoms with Gasteiger partial charge in [0.15, 0.2) is 0 Å². The summed E-state index contributed by atoms with van der Waals surface area (Å²) >= 11 is 0. The Bertz CT molecular complexity index is 326. The molecule has 0 spiro atoms. The molecule has 0 radical (unpaired) electrons. The second-order valence-corrected chi connectivity index (χ2v) is 6.96. The molecule has 0 bridgehead atoms. The molecule has 0 aromatic heterocycles. The molecule has 2 rings (SSSR count). The molecule has 0 aromatic rings. The van der Waals surface area contributed by atoms with Gasteiger partial charge >= 0.3 is 0 Å². The van der Waals surface area contributed by atoms with Crippen LogP contribution in [0.4, 0.5) is 0 Å². The van der Waals surface area contributed by atoms with E-state index in [0.29, 0.717) is 30.3 Å². The smallest absolute Gasteiger partial charge is 0.240 e. The number of amides is 1. The first kappa shape index (κ1) is 15.8. The van der Waals surface area contributed by atoms with Gasteiger partial charge in [0.2, 0.25) is 5.91 Å². The number of rotatable bonds is 4. The Morgan fingerprint density at radius 3 is 2.40 bits per heavy atom. The maximum atomic E-state index is 13.0. The predicted molar refractivity (Wildman–Crippen MR) is 82.4 cm³/mol. The highest BCUT2D eigenvalue weighted by atomic mass is 16.2. The summed E-state index contributed by atoms with van der Waals surface area (Å²) in [6.45, 7) is 10.2. The minimum atomic E-state index is 0.0641. The number of piperidine rings is 1. The molecule has 2 N–H and O–H groups in total. The number of hydrogen-bond donors (Lipinski definition) is 1. The highest BCUT2D eigenvalue weighted by molar-refractivity contribution is 5.82. The summed E-state index contributed by atoms with van der Waals surface area (Å²) in [7, 11) is 0. The quantitative estimate of drug-likeness (QED) is 0.853. The monoisotopic (exact) mass is 281 g/mol. The Kier molecular flexibility index (Phi) is 5.44. The third kappa shape index (κ3) is 3.34. The number of likely N-dealkylation sites (tertiary alicyclic amines) is 2. The van der Waals surface area contributed by atoms with Gasteiger partial charge in [-0.3, -0.25) is 9.69 Å². The SMILES string of the molecule is CC(C)C(C(=O)N1CC(CN)CC1C)N1CCCCC1. The van der Waals surface area contributed by atoms with Crippen LogP contribution in [0.2, 0.25) is 0 Å². The van der Waals surface area contributed by atoms with Crippen molar-refractivity contribution in [3.8, 4) is 0 Å². The second-order valence-electron chi connectivity index (χ2n) is 6.96. The fourth-order valence-corrected chi connectivity index (χ4v) is 3.85. The molecule has 2 saturated heterocycles. The van der Waals surface area contributed by atoms with E-state index in [4.69, 9.17) is 5.73 Å². The first-order chi connectivity index (χ1) is 9.54. The van der Waals surface area contributed by atoms with Gasteiger partial charge in [0.05, 0.1) is 6.04 Å². The molecule has 0 aromatic carbocycles. The fourth-order valence-electron chi connectivity index (χ4n) is 3.85. The Balaban J connectivity index is 2.06. The van der Waals surface area contributed by atoms with Crippen molar-refractivity contribution in [2.24, 2.45) is 17.6 Å². The van der Waals surface area contributed by atoms with Crippen molar-refractivity contribution in [3.63, 3.8) is 0 Å². The van der Waals surface area contributed by atoms with Crippen molar-refractivity contribution >= 4 is 5.91 Å². The molecule has 2 aliphatic heterocycles. The van der Waals surface area contributed by atoms with Crippen molar-refractivity contribution in [2.75, 3.05) is 26.2 Å². The Labute approximate surface area is 123 Å². The van der Waals surface area contributed by atoms with Gasteiger partial charge in [0.1, 0.15) is 0 Å². The Hall–Kier alpha value is -0.610. The third-order valence-electron chi connectivity index (χ3n) is 4.95. The number of carbonyl (C=O) groups excluding carboxylic acids is 1. The largest absolute Gasteiger partial charge is 0.338 e. The van der Waals surface area contributed by atoms with E-state index in [0.717, 1.165) is 26.1 Å². The molecular weight excluding hydrogens is 250 g/mol. The van der Waals surface area contributed by atoms with E-state index in [1.54, 1.807) is 0 Å². The van der Waals surface area contributed by atoms with Gasteiger partial charge in [-0.1, -0.05) is 20.3 Å². The minimum Gasteiger partial charge on any atom is -0.338 e. The lowest BCUT2D eigenvalue weighted by Gasteiger charge is -2.38. The highest BCUT2D eigenvalue weighted by Gasteiger charge is 2.38. The van der Waals surface area contributed by atoms with Crippen molar-refractivity contribution in [3.05, 3.63) is 0 Å². The van der Waals surface area contributed by atoms with Gasteiger partial charge in [-0.15, -0.1) is 0 Å². The zero-order chi connectivity index (χ0) is 14.7. The molecule has 20 heavy (non-hydrogen) atoms. The summed E-state index contributed by atoms with van der Waals surface area (Å²) in [5.74, 6) is 1.21. The summed E-state index contributed by atoms with van der Waals surface area (Å²) < 4.78 is 0. The molecule has 1 amide bonds. The number of carbonyl (C=O) groups is 1. The van der Waals surface area contributed by atoms with E-state index in [9.17, 15) is 4.79 Å². The summed E-state index contributed by atoms with van der Waals surface area (Å²) in [6.07, 6.45) is 4.84. The molecule has 4 heteroatoms. The zero-order valence-electron chi connectivity index (χ0n) is 13.3. The van der Waals surface area contributed by atoms with Gasteiger partial charge in [-0.25, -0.2) is 0 Å². The maximum absolute atomic E-state index is 13.0. The molecule has 2 heterocycles. The highest BCUT2D eigenvalue weighted by Crippen LogP contribution is 2.26. The molecule has 2 fully saturated rings. The van der Waals surface area contributed by atoms with E-state index in [2.05, 4.69) is 30.6 Å². The van der Waals surface area contributed by atoms with E-state index < -0.39 is 0 Å². The molecule has 0 saturated carbocycles. The van der Waals surface area contributed by atoms with Crippen molar-refractivity contribution in [2.45, 2.75) is 58.5 Å². The van der Waals surface area contributed by atoms with Crippen LogP contribution in [-0.4, -0.2) is 54.0 Å². The summed E-state index contributed by atoms with van der Waals surface area (Å²) in [4.78, 5) is 17.5. The van der Waals surface area contributed by atoms with Crippen molar-refractivity contribution in [1.29, 1.82) is 0 Å². The van der Waals surface area contributed by atoms with Crippen LogP contribution in [0, 0.1) is 11.8 Å². The topological polar surface area (TPSA) is 49.6 Å². The van der Waals surface area contributed by atoms with Crippen LogP contribution in [0.25, 0.3) is 0 Å². The van der Waals surface area contributed by atoms with E-state index in [1.165, 1.54) is 19.3 Å². The Morgan fingerprint density at radius 1 is 1.25 bits per heavy atom. The predicted octanol–water partition coefficient (Wildman–Crippen LogP) is 1.69. The van der Waals surface area contributed by atoms with Crippen LogP contribution in [0.5, 0.6) is 0 Å². The summed E-state index contributed by atoms with van der Waals surface area (Å²) in [6, 6.07) is 0.413. The minimum absolute atomic E-state index is 0.0641. The van der Waals surface area contributed by atoms with Crippen LogP contribution >= 0.6 is 0 Å². The lowest BCUT2D eigenvalue weighted by atomic mass is 9.97. The average molecular weight is 281 g/mol. The molecule has 4 nitrogen and oxygen atoms in total. The third-order valence-corrected chi connectivity index (χ3v) is 4.95. The summed E-state index contributed by atoms with van der Waals surface area (Å²) in [5, 5.41) is 0. The van der Waals surface area contributed by atoms with Gasteiger partial charge < -0.3 is 10.6 Å². The standard InChI is InChI=1S/C16H31N3O/c1-12(2)15(18-7-5-4-6-8-18)16(20)19-11-14(10-17)9-13(19)3/h12-15H,4-11,17H2,1-3H3. The van der Waals surface area contributed by atoms with Gasteiger partial charge in [0, 0.05) is 12.6 Å². The lowest BCUT2D eigenvalue weighted by molar-refractivity contribution is -0.139. The lowest BCUT2D eigenvalue weighted by Crippen LogP contribution is -2.53. The molecule has 116 valence electrons. The van der Waals surface area contributed by atoms with E-state index in [-0.39, 0.29) is 6.04 Å². The molecule has 3 atom stereocenters. The van der Waals surface area contributed by atoms with E-state index in [1.807, 2.05) is 0 Å². The van der Waals surface area contributed by atoms with Crippen LogP contribution in [0.15, 0.2) is 0 Å². The second kappa shape index (κ2) is 6.90. The number of hydrogen-bond acceptors (Lipinski definition) is 3. The van der Waals surface area contributed by atoms with Crippen LogP contribution in [0.3, 0.4) is 0 Å². The van der Waals surface area contributed by atoms with E-state index >= 15 is 0 Å². The van der Waals surface area contributed by atoms with Crippen LogP contribution in [0.1, 0.15) is 46.5 Å². The Morgan fingerprint density at radius 2 is 1.90 bits per heavy atom. The number of nitrogens with zero attached hydrogens (tertiary/aromatic N) is 2. The molecule has 3 unspecified atom stereocenters. The van der Waals surface area contributed by atoms with Gasteiger partial charge in [0.25, 0.3) is 0 Å². The molecular formula is C16H31N3O. The molecule has 0 aliphatic carbocycles. The zero-order valence-corrected chi connectivity index (χ0v) is 13.3. The van der Waals surface area contributed by atoms with Crippen molar-refractivity contribution < 1.29 is 4.79 Å². The number of nitrogens with two attached hydrogens (primary N) is 1. The fraction of sp³-hybridized carbons (Fsp3) is 0.938. The van der Waals surface area contributed by atoms with Crippen LogP contribution in [-0.2, 0) is 4.79 Å². The first-order valence-electron chi connectivity index (χ1n) is 8.29. The van der Waals surface area contributed by atoms with Crippen molar-refractivity contribution in [1.82, 2.24) is 9.80 Å². The maximum Gasteiger partial charge on any atom is 0.240 e.